The largest absolute Gasteiger partial charge is 0.506 e. The minimum atomic E-state index is -3.77. The van der Waals surface area contributed by atoms with Gasteiger partial charge in [0, 0.05) is 13.1 Å². The maximum atomic E-state index is 12.1. The van der Waals surface area contributed by atoms with E-state index >= 15 is 0 Å². The molecule has 0 bridgehead atoms. The molecule has 1 aromatic carbocycles. The summed E-state index contributed by atoms with van der Waals surface area (Å²) in [6, 6.07) is 3.45. The van der Waals surface area contributed by atoms with Crippen LogP contribution in [0.4, 0.5) is 5.69 Å². The summed E-state index contributed by atoms with van der Waals surface area (Å²) in [6.07, 6.45) is 2.58. The molecule has 1 heterocycles. The first-order chi connectivity index (χ1) is 9.40. The first-order valence-electron chi connectivity index (χ1n) is 6.24. The van der Waals surface area contributed by atoms with E-state index in [-0.39, 0.29) is 17.0 Å². The van der Waals surface area contributed by atoms with Gasteiger partial charge in [-0.25, -0.2) is 4.79 Å². The maximum Gasteiger partial charge on any atom is 0.335 e. The van der Waals surface area contributed by atoms with E-state index in [0.29, 0.717) is 13.1 Å². The van der Waals surface area contributed by atoms with Gasteiger partial charge in [-0.15, -0.1) is 0 Å². The van der Waals surface area contributed by atoms with Gasteiger partial charge in [-0.05, 0) is 31.0 Å². The van der Waals surface area contributed by atoms with Crippen molar-refractivity contribution in [1.29, 1.82) is 0 Å². The number of carbonyl (C=O) groups is 1. The number of nitrogens with zero attached hydrogens (tertiary/aromatic N) is 1. The summed E-state index contributed by atoms with van der Waals surface area (Å²) >= 11 is 0. The molecular weight excluding hydrogens is 284 g/mol. The second-order valence-electron chi connectivity index (χ2n) is 4.60. The molecule has 0 radical (unpaired) electrons. The van der Waals surface area contributed by atoms with Crippen molar-refractivity contribution in [3.05, 3.63) is 23.8 Å². The van der Waals surface area contributed by atoms with Crippen molar-refractivity contribution in [2.75, 3.05) is 17.8 Å². The van der Waals surface area contributed by atoms with Gasteiger partial charge in [-0.3, -0.25) is 4.72 Å². The Bertz CT molecular complexity index is 608. The van der Waals surface area contributed by atoms with Crippen LogP contribution in [-0.4, -0.2) is 42.0 Å². The lowest BCUT2D eigenvalue weighted by Crippen LogP contribution is -2.39. The summed E-state index contributed by atoms with van der Waals surface area (Å²) in [5, 5.41) is 18.5. The zero-order chi connectivity index (χ0) is 14.8. The molecule has 1 aliphatic rings. The summed E-state index contributed by atoms with van der Waals surface area (Å²) in [7, 11) is -3.77. The van der Waals surface area contributed by atoms with Gasteiger partial charge in [0.1, 0.15) is 5.75 Å². The van der Waals surface area contributed by atoms with Crippen LogP contribution in [0.15, 0.2) is 18.2 Å². The molecule has 7 nitrogen and oxygen atoms in total. The summed E-state index contributed by atoms with van der Waals surface area (Å²) in [4.78, 5) is 10.9. The fraction of sp³-hybridized carbons (Fsp3) is 0.417. The minimum Gasteiger partial charge on any atom is -0.506 e. The van der Waals surface area contributed by atoms with Crippen molar-refractivity contribution in [2.24, 2.45) is 0 Å². The van der Waals surface area contributed by atoms with Crippen LogP contribution in [-0.2, 0) is 10.2 Å². The SMILES string of the molecule is O=C(O)c1ccc(O)c(NS(=O)(=O)N2CCCCC2)c1. The van der Waals surface area contributed by atoms with Gasteiger partial charge in [0.2, 0.25) is 0 Å². The minimum absolute atomic E-state index is 0.0980. The Labute approximate surface area is 117 Å². The monoisotopic (exact) mass is 300 g/mol. The molecule has 1 aliphatic heterocycles. The molecule has 1 fully saturated rings. The summed E-state index contributed by atoms with van der Waals surface area (Å²) in [6.45, 7) is 0.851. The van der Waals surface area contributed by atoms with Crippen molar-refractivity contribution in [2.45, 2.75) is 19.3 Å². The van der Waals surface area contributed by atoms with E-state index in [2.05, 4.69) is 4.72 Å². The fourth-order valence-corrected chi connectivity index (χ4v) is 3.37. The van der Waals surface area contributed by atoms with Crippen molar-refractivity contribution in [3.8, 4) is 5.75 Å². The Morgan fingerprint density at radius 1 is 1.20 bits per heavy atom. The second-order valence-corrected chi connectivity index (χ2v) is 6.27. The number of hydrogen-bond acceptors (Lipinski definition) is 4. The van der Waals surface area contributed by atoms with Gasteiger partial charge in [-0.1, -0.05) is 6.42 Å². The van der Waals surface area contributed by atoms with Crippen LogP contribution in [0.5, 0.6) is 5.75 Å². The predicted octanol–water partition coefficient (Wildman–Crippen LogP) is 1.23. The third-order valence-electron chi connectivity index (χ3n) is 3.14. The second kappa shape index (κ2) is 5.68. The van der Waals surface area contributed by atoms with Gasteiger partial charge in [0.25, 0.3) is 0 Å². The standard InChI is InChI=1S/C12H16N2O5S/c15-11-5-4-9(12(16)17)8-10(11)13-20(18,19)14-6-2-1-3-7-14/h4-5,8,13,15H,1-3,6-7H2,(H,16,17). The van der Waals surface area contributed by atoms with Crippen LogP contribution >= 0.6 is 0 Å². The highest BCUT2D eigenvalue weighted by Crippen LogP contribution is 2.26. The number of anilines is 1. The highest BCUT2D eigenvalue weighted by molar-refractivity contribution is 7.90. The predicted molar refractivity (Wildman–Crippen MR) is 73.0 cm³/mol. The number of aromatic hydroxyl groups is 1. The van der Waals surface area contributed by atoms with Crippen LogP contribution in [0, 0.1) is 0 Å². The van der Waals surface area contributed by atoms with E-state index in [1.54, 1.807) is 0 Å². The van der Waals surface area contributed by atoms with Gasteiger partial charge in [-0.2, -0.15) is 12.7 Å². The van der Waals surface area contributed by atoms with Gasteiger partial charge >= 0.3 is 16.2 Å². The number of benzene rings is 1. The van der Waals surface area contributed by atoms with Crippen LogP contribution in [0.1, 0.15) is 29.6 Å². The average Bonchev–Trinajstić information content (AvgIpc) is 2.42. The number of carboxylic acids is 1. The van der Waals surface area contributed by atoms with Crippen LogP contribution in [0.3, 0.4) is 0 Å². The van der Waals surface area contributed by atoms with E-state index in [1.165, 1.54) is 10.4 Å². The number of nitrogens with one attached hydrogen (secondary N) is 1. The molecule has 0 aliphatic carbocycles. The normalized spacial score (nSPS) is 16.8. The number of phenolic OH excluding ortho intramolecular Hbond substituents is 1. The van der Waals surface area contributed by atoms with Crippen LogP contribution in [0.2, 0.25) is 0 Å². The molecule has 2 rings (SSSR count). The maximum absolute atomic E-state index is 12.1. The van der Waals surface area contributed by atoms with Gasteiger partial charge < -0.3 is 10.2 Å². The lowest BCUT2D eigenvalue weighted by molar-refractivity contribution is 0.0697. The van der Waals surface area contributed by atoms with E-state index < -0.39 is 16.2 Å². The number of carboxylic acid groups (broad SMARTS) is 1. The molecule has 0 aromatic heterocycles. The third-order valence-corrected chi connectivity index (χ3v) is 4.66. The van der Waals surface area contributed by atoms with Crippen molar-refractivity contribution < 1.29 is 23.4 Å². The highest BCUT2D eigenvalue weighted by atomic mass is 32.2. The Kier molecular flexibility index (Phi) is 4.15. The number of rotatable bonds is 4. The van der Waals surface area contributed by atoms with Crippen molar-refractivity contribution in [1.82, 2.24) is 4.31 Å². The molecule has 1 aromatic rings. The lowest BCUT2D eigenvalue weighted by Gasteiger charge is -2.26. The topological polar surface area (TPSA) is 107 Å². The summed E-state index contributed by atoms with van der Waals surface area (Å²) < 4.78 is 27.8. The quantitative estimate of drug-likeness (QED) is 0.725. The Hall–Kier alpha value is -1.80. The zero-order valence-corrected chi connectivity index (χ0v) is 11.6. The number of aromatic carboxylic acids is 1. The molecule has 20 heavy (non-hydrogen) atoms. The molecule has 3 N–H and O–H groups in total. The van der Waals surface area contributed by atoms with E-state index in [0.717, 1.165) is 31.4 Å². The van der Waals surface area contributed by atoms with E-state index in [9.17, 15) is 18.3 Å². The van der Waals surface area contributed by atoms with Crippen molar-refractivity contribution >= 4 is 21.9 Å². The molecule has 8 heteroatoms. The van der Waals surface area contributed by atoms with Crippen molar-refractivity contribution in [3.63, 3.8) is 0 Å². The fourth-order valence-electron chi connectivity index (χ4n) is 2.06. The molecule has 0 atom stereocenters. The van der Waals surface area contributed by atoms with E-state index in [1.807, 2.05) is 0 Å². The molecule has 1 saturated heterocycles. The molecule has 0 spiro atoms. The van der Waals surface area contributed by atoms with Crippen LogP contribution < -0.4 is 4.72 Å². The average molecular weight is 300 g/mol. The Morgan fingerprint density at radius 2 is 1.85 bits per heavy atom. The van der Waals surface area contributed by atoms with Gasteiger partial charge in [0.05, 0.1) is 11.3 Å². The highest BCUT2D eigenvalue weighted by Gasteiger charge is 2.24. The molecular formula is C12H16N2O5S. The smallest absolute Gasteiger partial charge is 0.335 e. The first kappa shape index (κ1) is 14.6. The molecule has 0 unspecified atom stereocenters. The van der Waals surface area contributed by atoms with E-state index in [4.69, 9.17) is 5.11 Å². The van der Waals surface area contributed by atoms with Crippen LogP contribution in [0.25, 0.3) is 0 Å². The summed E-state index contributed by atoms with van der Waals surface area (Å²) in [5.74, 6) is -1.50. The summed E-state index contributed by atoms with van der Waals surface area (Å²) in [5.41, 5.74) is -0.227. The molecule has 0 amide bonds. The Morgan fingerprint density at radius 3 is 2.45 bits per heavy atom. The zero-order valence-electron chi connectivity index (χ0n) is 10.7. The van der Waals surface area contributed by atoms with Gasteiger partial charge in [0.15, 0.2) is 0 Å². The first-order valence-corrected chi connectivity index (χ1v) is 7.68. The molecule has 110 valence electrons. The third kappa shape index (κ3) is 3.20. The molecule has 0 saturated carbocycles. The number of piperidine rings is 1. The Balaban J connectivity index is 2.24. The lowest BCUT2D eigenvalue weighted by atomic mass is 10.2. The number of hydrogen-bond donors (Lipinski definition) is 3. The number of phenols is 1.